The largest absolute Gasteiger partial charge is 0.317 e. The number of hydrazone groups is 1. The molecular weight excluding hydrogens is 327 g/mol. The number of carbonyl (C=O) groups excluding carboxylic acids is 1. The number of nitrogens with zero attached hydrogens (tertiary/aromatic N) is 2. The Kier molecular flexibility index (Phi) is 4.90. The second kappa shape index (κ2) is 7.27. The van der Waals surface area contributed by atoms with Gasteiger partial charge in [-0.05, 0) is 41.6 Å². The molecule has 0 aliphatic carbocycles. The Morgan fingerprint density at radius 1 is 1.33 bits per heavy atom. The summed E-state index contributed by atoms with van der Waals surface area (Å²) in [5, 5.41) is 4.73. The van der Waals surface area contributed by atoms with Gasteiger partial charge in [0.25, 0.3) is 5.91 Å². The number of halogens is 1. The zero-order chi connectivity index (χ0) is 16.9. The van der Waals surface area contributed by atoms with Gasteiger partial charge in [0.1, 0.15) is 5.82 Å². The van der Waals surface area contributed by atoms with E-state index in [0.717, 1.165) is 16.2 Å². The standard InChI is InChI=1S/C17H15FN4OS/c1-22-15-8-3-2-7-14(15)20-17(22)24-11-16(23)21-19-10-12-5-4-6-13(18)9-12/h2-10H,11H2,1H3,(H,21,23)/p+1. The molecule has 2 aromatic carbocycles. The van der Waals surface area contributed by atoms with Crippen molar-refractivity contribution in [1.82, 2.24) is 10.4 Å². The minimum atomic E-state index is -0.341. The monoisotopic (exact) mass is 343 g/mol. The van der Waals surface area contributed by atoms with Crippen LogP contribution in [0.5, 0.6) is 0 Å². The molecule has 0 radical (unpaired) electrons. The van der Waals surface area contributed by atoms with Crippen LogP contribution < -0.4 is 9.99 Å². The molecular formula is C17H16FN4OS+. The summed E-state index contributed by atoms with van der Waals surface area (Å²) in [5.41, 5.74) is 5.12. The highest BCUT2D eigenvalue weighted by molar-refractivity contribution is 7.99. The normalized spacial score (nSPS) is 11.2. The van der Waals surface area contributed by atoms with Gasteiger partial charge in [-0.2, -0.15) is 5.10 Å². The number of benzene rings is 2. The number of rotatable bonds is 5. The molecule has 0 unspecified atom stereocenters. The number of hydrogen-bond acceptors (Lipinski definition) is 3. The summed E-state index contributed by atoms with van der Waals surface area (Å²) < 4.78 is 15.0. The average molecular weight is 343 g/mol. The maximum atomic E-state index is 13.0. The van der Waals surface area contributed by atoms with Gasteiger partial charge in [-0.15, -0.1) is 0 Å². The third-order valence-corrected chi connectivity index (χ3v) is 4.46. The van der Waals surface area contributed by atoms with Crippen molar-refractivity contribution in [1.29, 1.82) is 0 Å². The molecule has 0 fully saturated rings. The van der Waals surface area contributed by atoms with Gasteiger partial charge in [-0.3, -0.25) is 4.79 Å². The van der Waals surface area contributed by atoms with Gasteiger partial charge >= 0.3 is 5.16 Å². The number of aryl methyl sites for hydroxylation is 1. The van der Waals surface area contributed by atoms with Gasteiger partial charge in [-0.1, -0.05) is 24.3 Å². The lowest BCUT2D eigenvalue weighted by molar-refractivity contribution is -0.683. The molecule has 3 rings (SSSR count). The Morgan fingerprint density at radius 3 is 2.96 bits per heavy atom. The Morgan fingerprint density at radius 2 is 2.17 bits per heavy atom. The van der Waals surface area contributed by atoms with E-state index in [2.05, 4.69) is 15.5 Å². The first-order valence-electron chi connectivity index (χ1n) is 7.30. The van der Waals surface area contributed by atoms with Crippen LogP contribution >= 0.6 is 11.8 Å². The van der Waals surface area contributed by atoms with Gasteiger partial charge in [0, 0.05) is 0 Å². The molecule has 0 aliphatic rings. The second-order valence-electron chi connectivity index (χ2n) is 5.14. The Labute approximate surface area is 142 Å². The summed E-state index contributed by atoms with van der Waals surface area (Å²) in [6, 6.07) is 13.9. The van der Waals surface area contributed by atoms with Crippen molar-refractivity contribution >= 4 is 34.9 Å². The van der Waals surface area contributed by atoms with Crippen molar-refractivity contribution in [3.8, 4) is 0 Å². The van der Waals surface area contributed by atoms with Crippen LogP contribution in [-0.4, -0.2) is 22.9 Å². The van der Waals surface area contributed by atoms with Crippen LogP contribution in [0.2, 0.25) is 0 Å². The fourth-order valence-corrected chi connectivity index (χ4v) is 3.05. The van der Waals surface area contributed by atoms with Gasteiger partial charge < -0.3 is 0 Å². The number of imidazole rings is 1. The molecule has 1 heterocycles. The summed E-state index contributed by atoms with van der Waals surface area (Å²) in [4.78, 5) is 15.1. The maximum Gasteiger partial charge on any atom is 0.317 e. The highest BCUT2D eigenvalue weighted by Gasteiger charge is 2.16. The van der Waals surface area contributed by atoms with E-state index in [1.54, 1.807) is 12.1 Å². The first-order chi connectivity index (χ1) is 11.6. The van der Waals surface area contributed by atoms with Crippen molar-refractivity contribution < 1.29 is 13.8 Å². The Hall–Kier alpha value is -2.67. The fourth-order valence-electron chi connectivity index (χ4n) is 2.25. The van der Waals surface area contributed by atoms with Crippen molar-refractivity contribution in [2.24, 2.45) is 12.1 Å². The number of aromatic nitrogens is 2. The maximum absolute atomic E-state index is 13.0. The zero-order valence-corrected chi connectivity index (χ0v) is 13.8. The summed E-state index contributed by atoms with van der Waals surface area (Å²) in [5.74, 6) is -0.348. The van der Waals surface area contributed by atoms with Gasteiger partial charge in [0.15, 0.2) is 11.0 Å². The van der Waals surface area contributed by atoms with Crippen molar-refractivity contribution in [2.45, 2.75) is 5.16 Å². The second-order valence-corrected chi connectivity index (χ2v) is 6.11. The minimum absolute atomic E-state index is 0.223. The summed E-state index contributed by atoms with van der Waals surface area (Å²) >= 11 is 1.39. The Balaban J connectivity index is 1.56. The number of hydrogen-bond donors (Lipinski definition) is 2. The molecule has 2 N–H and O–H groups in total. The van der Waals surface area contributed by atoms with Gasteiger partial charge in [-0.25, -0.2) is 19.4 Å². The predicted molar refractivity (Wildman–Crippen MR) is 92.3 cm³/mol. The quantitative estimate of drug-likeness (QED) is 0.323. The summed E-state index contributed by atoms with van der Waals surface area (Å²) in [6.07, 6.45) is 1.41. The smallest absolute Gasteiger partial charge is 0.272 e. The summed E-state index contributed by atoms with van der Waals surface area (Å²) in [7, 11) is 1.95. The summed E-state index contributed by atoms with van der Waals surface area (Å²) in [6.45, 7) is 0. The molecule has 1 aromatic heterocycles. The molecule has 24 heavy (non-hydrogen) atoms. The lowest BCUT2D eigenvalue weighted by Gasteiger charge is -1.98. The van der Waals surface area contributed by atoms with Crippen LogP contribution in [0, 0.1) is 5.82 Å². The van der Waals surface area contributed by atoms with Crippen LogP contribution in [0.4, 0.5) is 4.39 Å². The van der Waals surface area contributed by atoms with Gasteiger partial charge in [0.2, 0.25) is 0 Å². The van der Waals surface area contributed by atoms with Crippen LogP contribution in [-0.2, 0) is 11.8 Å². The van der Waals surface area contributed by atoms with E-state index in [1.165, 1.54) is 30.1 Å². The first-order valence-corrected chi connectivity index (χ1v) is 8.29. The molecule has 122 valence electrons. The molecule has 3 aromatic rings. The number of para-hydroxylation sites is 2. The van der Waals surface area contributed by atoms with Crippen molar-refractivity contribution in [2.75, 3.05) is 5.75 Å². The number of thioether (sulfide) groups is 1. The predicted octanol–water partition coefficient (Wildman–Crippen LogP) is 2.37. The van der Waals surface area contributed by atoms with E-state index >= 15 is 0 Å². The molecule has 0 saturated heterocycles. The number of fused-ring (bicyclic) bond motifs is 1. The molecule has 0 saturated carbocycles. The Bertz CT molecular complexity index is 906. The third kappa shape index (κ3) is 3.80. The number of aromatic amines is 1. The highest BCUT2D eigenvalue weighted by Crippen LogP contribution is 2.16. The van der Waals surface area contributed by atoms with Crippen molar-refractivity contribution in [3.63, 3.8) is 0 Å². The number of carbonyl (C=O) groups is 1. The highest BCUT2D eigenvalue weighted by atomic mass is 32.2. The van der Waals surface area contributed by atoms with E-state index in [9.17, 15) is 9.18 Å². The topological polar surface area (TPSA) is 61.1 Å². The minimum Gasteiger partial charge on any atom is -0.272 e. The lowest BCUT2D eigenvalue weighted by atomic mass is 10.2. The van der Waals surface area contributed by atoms with Crippen LogP contribution in [0.1, 0.15) is 5.56 Å². The number of H-pyrrole nitrogens is 1. The van der Waals surface area contributed by atoms with E-state index < -0.39 is 0 Å². The third-order valence-electron chi connectivity index (χ3n) is 3.40. The van der Waals surface area contributed by atoms with E-state index in [4.69, 9.17) is 0 Å². The first kappa shape index (κ1) is 16.2. The van der Waals surface area contributed by atoms with Crippen LogP contribution in [0.25, 0.3) is 11.0 Å². The number of nitrogens with one attached hydrogen (secondary N) is 2. The molecule has 0 aliphatic heterocycles. The molecule has 1 amide bonds. The molecule has 5 nitrogen and oxygen atoms in total. The van der Waals surface area contributed by atoms with Crippen molar-refractivity contribution in [3.05, 3.63) is 59.9 Å². The lowest BCUT2D eigenvalue weighted by Crippen LogP contribution is -2.30. The van der Waals surface area contributed by atoms with E-state index in [1.807, 2.05) is 35.9 Å². The van der Waals surface area contributed by atoms with Gasteiger partial charge in [0.05, 0.1) is 19.0 Å². The molecule has 0 spiro atoms. The fraction of sp³-hybridized carbons (Fsp3) is 0.118. The van der Waals surface area contributed by atoms with E-state index in [-0.39, 0.29) is 17.5 Å². The van der Waals surface area contributed by atoms with Crippen LogP contribution in [0.15, 0.2) is 58.8 Å². The zero-order valence-electron chi connectivity index (χ0n) is 13.0. The van der Waals surface area contributed by atoms with E-state index in [0.29, 0.717) is 5.56 Å². The average Bonchev–Trinajstić information content (AvgIpc) is 2.90. The molecule has 0 bridgehead atoms. The molecule has 0 atom stereocenters. The van der Waals surface area contributed by atoms with Crippen LogP contribution in [0.3, 0.4) is 0 Å². The SMILES string of the molecule is C[n+]1c(SCC(=O)NN=Cc2cccc(F)c2)[nH]c2ccccc21. The molecule has 7 heteroatoms. The number of amides is 1.